The van der Waals surface area contributed by atoms with Crippen molar-refractivity contribution in [1.29, 1.82) is 0 Å². The Hall–Kier alpha value is -2.62. The summed E-state index contributed by atoms with van der Waals surface area (Å²) in [5.74, 6) is -0.0174. The van der Waals surface area contributed by atoms with Crippen molar-refractivity contribution in [3.63, 3.8) is 0 Å². The van der Waals surface area contributed by atoms with Gasteiger partial charge in [0.05, 0.1) is 0 Å². The topological polar surface area (TPSA) is 49.4 Å². The lowest BCUT2D eigenvalue weighted by Gasteiger charge is -2.34. The van der Waals surface area contributed by atoms with Gasteiger partial charge in [-0.15, -0.1) is 0 Å². The normalized spacial score (nSPS) is 17.4. The number of anilines is 2. The molecule has 4 heteroatoms. The molecule has 1 aliphatic carbocycles. The molecule has 1 spiro atoms. The summed E-state index contributed by atoms with van der Waals surface area (Å²) >= 11 is 0. The van der Waals surface area contributed by atoms with Gasteiger partial charge in [-0.1, -0.05) is 38.3 Å². The largest absolute Gasteiger partial charge is 0.322 e. The molecule has 1 N–H and O–H groups in total. The van der Waals surface area contributed by atoms with Crippen molar-refractivity contribution in [3.8, 4) is 0 Å². The van der Waals surface area contributed by atoms with Gasteiger partial charge in [-0.2, -0.15) is 0 Å². The van der Waals surface area contributed by atoms with E-state index in [0.29, 0.717) is 5.56 Å². The van der Waals surface area contributed by atoms with Crippen molar-refractivity contribution in [3.05, 3.63) is 59.2 Å². The van der Waals surface area contributed by atoms with Gasteiger partial charge in [0.1, 0.15) is 0 Å². The Labute approximate surface area is 166 Å². The van der Waals surface area contributed by atoms with Crippen LogP contribution >= 0.6 is 0 Å². The number of hydrogen-bond donors (Lipinski definition) is 1. The van der Waals surface area contributed by atoms with Crippen LogP contribution in [-0.4, -0.2) is 18.4 Å². The maximum absolute atomic E-state index is 12.9. The molecule has 0 saturated heterocycles. The molecule has 146 valence electrons. The van der Waals surface area contributed by atoms with Crippen LogP contribution in [0.4, 0.5) is 11.4 Å². The van der Waals surface area contributed by atoms with E-state index in [-0.39, 0.29) is 17.2 Å². The molecular weight excluding hydrogens is 348 g/mol. The summed E-state index contributed by atoms with van der Waals surface area (Å²) in [6.07, 6.45) is 6.79. The number of aryl methyl sites for hydroxylation is 1. The molecule has 0 aromatic heterocycles. The van der Waals surface area contributed by atoms with Crippen LogP contribution in [0.2, 0.25) is 0 Å². The fourth-order valence-corrected chi connectivity index (χ4v) is 4.77. The predicted octanol–water partition coefficient (Wildman–Crippen LogP) is 5.07. The molecule has 1 heterocycles. The van der Waals surface area contributed by atoms with Crippen LogP contribution in [-0.2, 0) is 16.6 Å². The van der Waals surface area contributed by atoms with Crippen molar-refractivity contribution in [1.82, 2.24) is 0 Å². The fraction of sp³-hybridized carbons (Fsp3) is 0.417. The Morgan fingerprint density at radius 2 is 1.75 bits per heavy atom. The summed E-state index contributed by atoms with van der Waals surface area (Å²) in [5, 5.41) is 3.01. The molecule has 28 heavy (non-hydrogen) atoms. The van der Waals surface area contributed by atoms with Gasteiger partial charge in [0.25, 0.3) is 5.91 Å². The first kappa shape index (κ1) is 18.7. The minimum Gasteiger partial charge on any atom is -0.322 e. The molecule has 0 atom stereocenters. The summed E-state index contributed by atoms with van der Waals surface area (Å²) in [6.45, 7) is 4.50. The Kier molecular flexibility index (Phi) is 4.96. The predicted molar refractivity (Wildman–Crippen MR) is 113 cm³/mol. The molecule has 2 amide bonds. The van der Waals surface area contributed by atoms with E-state index in [1.165, 1.54) is 30.4 Å². The first-order valence-corrected chi connectivity index (χ1v) is 10.4. The Balaban J connectivity index is 1.63. The molecule has 1 fully saturated rings. The zero-order valence-corrected chi connectivity index (χ0v) is 16.8. The smallest absolute Gasteiger partial charge is 0.255 e. The molecule has 0 bridgehead atoms. The maximum Gasteiger partial charge on any atom is 0.255 e. The van der Waals surface area contributed by atoms with Crippen LogP contribution in [0, 0.1) is 0 Å². The lowest BCUT2D eigenvalue weighted by atomic mass is 9.70. The highest BCUT2D eigenvalue weighted by molar-refractivity contribution is 6.05. The first-order valence-electron chi connectivity index (χ1n) is 10.4. The van der Waals surface area contributed by atoms with Gasteiger partial charge in [0.2, 0.25) is 5.91 Å². The van der Waals surface area contributed by atoms with Crippen LogP contribution in [0.1, 0.15) is 67.4 Å². The van der Waals surface area contributed by atoms with E-state index in [9.17, 15) is 9.59 Å². The molecule has 1 aliphatic heterocycles. The summed E-state index contributed by atoms with van der Waals surface area (Å²) < 4.78 is 0. The number of amides is 2. The molecule has 4 nitrogen and oxygen atoms in total. The Bertz CT molecular complexity index is 895. The standard InChI is InChI=1S/C24H28N2O2/c1-3-18-7-10-20(11-8-18)25-23(28)19-9-12-22-21(15-19)24(13-5-4-6-14-24)16-26(22)17(2)27/h7-12,15H,3-6,13-14,16H2,1-2H3,(H,25,28). The summed E-state index contributed by atoms with van der Waals surface area (Å²) in [7, 11) is 0. The quantitative estimate of drug-likeness (QED) is 0.813. The number of hydrogen-bond acceptors (Lipinski definition) is 2. The van der Waals surface area contributed by atoms with E-state index in [1.54, 1.807) is 6.92 Å². The number of benzene rings is 2. The second-order valence-electron chi connectivity index (χ2n) is 8.18. The van der Waals surface area contributed by atoms with E-state index in [2.05, 4.69) is 12.2 Å². The van der Waals surface area contributed by atoms with Crippen LogP contribution < -0.4 is 10.2 Å². The lowest BCUT2D eigenvalue weighted by Crippen LogP contribution is -2.37. The van der Waals surface area contributed by atoms with Crippen LogP contribution in [0.3, 0.4) is 0 Å². The van der Waals surface area contributed by atoms with Gasteiger partial charge in [-0.05, 0) is 60.7 Å². The monoisotopic (exact) mass is 376 g/mol. The number of carbonyl (C=O) groups excluding carboxylic acids is 2. The zero-order valence-electron chi connectivity index (χ0n) is 16.8. The second kappa shape index (κ2) is 7.42. The van der Waals surface area contributed by atoms with E-state index in [0.717, 1.165) is 37.2 Å². The summed E-state index contributed by atoms with van der Waals surface area (Å²) in [5.41, 5.74) is 4.89. The van der Waals surface area contributed by atoms with E-state index < -0.39 is 0 Å². The number of rotatable bonds is 3. The highest BCUT2D eigenvalue weighted by atomic mass is 16.2. The molecule has 0 radical (unpaired) electrons. The number of nitrogens with one attached hydrogen (secondary N) is 1. The second-order valence-corrected chi connectivity index (χ2v) is 8.18. The molecular formula is C24H28N2O2. The van der Waals surface area contributed by atoms with Gasteiger partial charge in [-0.3, -0.25) is 9.59 Å². The van der Waals surface area contributed by atoms with Crippen LogP contribution in [0.25, 0.3) is 0 Å². The van der Waals surface area contributed by atoms with Crippen molar-refractivity contribution in [2.45, 2.75) is 57.8 Å². The lowest BCUT2D eigenvalue weighted by molar-refractivity contribution is -0.116. The highest BCUT2D eigenvalue weighted by Gasteiger charge is 2.44. The SMILES string of the molecule is CCc1ccc(NC(=O)c2ccc3c(c2)C2(CCCCC2)CN3C(C)=O)cc1. The average Bonchev–Trinajstić information content (AvgIpc) is 3.03. The van der Waals surface area contributed by atoms with Gasteiger partial charge < -0.3 is 10.2 Å². The third-order valence-electron chi connectivity index (χ3n) is 6.39. The van der Waals surface area contributed by atoms with Crippen molar-refractivity contribution in [2.24, 2.45) is 0 Å². The van der Waals surface area contributed by atoms with Crippen LogP contribution in [0.5, 0.6) is 0 Å². The first-order chi connectivity index (χ1) is 13.5. The Morgan fingerprint density at radius 1 is 1.04 bits per heavy atom. The molecule has 1 saturated carbocycles. The van der Waals surface area contributed by atoms with E-state index in [4.69, 9.17) is 0 Å². The zero-order chi connectivity index (χ0) is 19.7. The molecule has 4 rings (SSSR count). The molecule has 2 aromatic rings. The summed E-state index contributed by atoms with van der Waals surface area (Å²) in [6, 6.07) is 13.8. The van der Waals surface area contributed by atoms with Crippen molar-refractivity contribution < 1.29 is 9.59 Å². The van der Waals surface area contributed by atoms with Crippen molar-refractivity contribution in [2.75, 3.05) is 16.8 Å². The van der Waals surface area contributed by atoms with E-state index >= 15 is 0 Å². The summed E-state index contributed by atoms with van der Waals surface area (Å²) in [4.78, 5) is 27.0. The minimum atomic E-state index is -0.0979. The Morgan fingerprint density at radius 3 is 2.39 bits per heavy atom. The number of nitrogens with zero attached hydrogens (tertiary/aromatic N) is 1. The number of fused-ring (bicyclic) bond motifs is 2. The third-order valence-corrected chi connectivity index (χ3v) is 6.39. The van der Waals surface area contributed by atoms with Crippen molar-refractivity contribution >= 4 is 23.2 Å². The van der Waals surface area contributed by atoms with Crippen LogP contribution in [0.15, 0.2) is 42.5 Å². The average molecular weight is 377 g/mol. The van der Waals surface area contributed by atoms with Gasteiger partial charge in [0, 0.05) is 35.8 Å². The van der Waals surface area contributed by atoms with Gasteiger partial charge in [0.15, 0.2) is 0 Å². The molecule has 2 aliphatic rings. The van der Waals surface area contributed by atoms with Gasteiger partial charge in [-0.25, -0.2) is 0 Å². The van der Waals surface area contributed by atoms with Gasteiger partial charge >= 0.3 is 0 Å². The number of carbonyl (C=O) groups is 2. The molecule has 2 aromatic carbocycles. The highest BCUT2D eigenvalue weighted by Crippen LogP contribution is 2.49. The minimum absolute atomic E-state index is 0.0122. The molecule has 0 unspecified atom stereocenters. The third kappa shape index (κ3) is 3.32. The fourth-order valence-electron chi connectivity index (χ4n) is 4.77. The maximum atomic E-state index is 12.9. The van der Waals surface area contributed by atoms with E-state index in [1.807, 2.05) is 47.4 Å².